The summed E-state index contributed by atoms with van der Waals surface area (Å²) in [7, 11) is 4.95. The quantitative estimate of drug-likeness (QED) is 0.573. The summed E-state index contributed by atoms with van der Waals surface area (Å²) < 4.78 is 7.03. The van der Waals surface area contributed by atoms with Crippen LogP contribution in [0.2, 0.25) is 5.02 Å². The molecule has 10 heteroatoms. The molecule has 0 bridgehead atoms. The molecule has 1 fully saturated rings. The van der Waals surface area contributed by atoms with Gasteiger partial charge in [0.15, 0.2) is 18.2 Å². The topological polar surface area (TPSA) is 92.6 Å². The van der Waals surface area contributed by atoms with E-state index in [1.54, 1.807) is 33.4 Å². The van der Waals surface area contributed by atoms with Gasteiger partial charge in [-0.05, 0) is 43.0 Å². The van der Waals surface area contributed by atoms with Gasteiger partial charge in [-0.25, -0.2) is 4.98 Å². The molecule has 180 valence electrons. The van der Waals surface area contributed by atoms with Gasteiger partial charge >= 0.3 is 0 Å². The monoisotopic (exact) mass is 484 g/mol. The van der Waals surface area contributed by atoms with Gasteiger partial charge in [0.25, 0.3) is 11.5 Å². The number of ether oxygens (including phenoxy) is 1. The number of carbonyl (C=O) groups is 1. The Morgan fingerprint density at radius 3 is 2.71 bits per heavy atom. The largest absolute Gasteiger partial charge is 0.478 e. The summed E-state index contributed by atoms with van der Waals surface area (Å²) in [6.45, 7) is 3.90. The Hall–Kier alpha value is -3.33. The van der Waals surface area contributed by atoms with Gasteiger partial charge in [-0.2, -0.15) is 4.98 Å². The highest BCUT2D eigenvalue weighted by Gasteiger charge is 2.19. The van der Waals surface area contributed by atoms with Crippen LogP contribution in [0, 0.1) is 5.92 Å². The first kappa shape index (κ1) is 23.8. The lowest BCUT2D eigenvalue weighted by Crippen LogP contribution is -2.34. The molecule has 0 atom stereocenters. The second-order valence-electron chi connectivity index (χ2n) is 8.88. The molecule has 34 heavy (non-hydrogen) atoms. The maximum atomic E-state index is 12.7. The molecular weight excluding hydrogens is 456 g/mol. The lowest BCUT2D eigenvalue weighted by molar-refractivity contribution is -0.130. The number of amides is 1. The Labute approximate surface area is 203 Å². The predicted octanol–water partition coefficient (Wildman–Crippen LogP) is 3.43. The third-order valence-electron chi connectivity index (χ3n) is 6.10. The number of hydrogen-bond acceptors (Lipinski definition) is 7. The highest BCUT2D eigenvalue weighted by Crippen LogP contribution is 2.28. The van der Waals surface area contributed by atoms with E-state index < -0.39 is 0 Å². The van der Waals surface area contributed by atoms with Gasteiger partial charge in [-0.3, -0.25) is 9.59 Å². The van der Waals surface area contributed by atoms with Crippen LogP contribution in [-0.4, -0.2) is 59.1 Å². The van der Waals surface area contributed by atoms with E-state index in [1.807, 2.05) is 18.2 Å². The van der Waals surface area contributed by atoms with Crippen LogP contribution in [0.5, 0.6) is 5.75 Å². The van der Waals surface area contributed by atoms with E-state index in [1.165, 1.54) is 9.47 Å². The van der Waals surface area contributed by atoms with Gasteiger partial charge in [0.2, 0.25) is 5.95 Å². The number of pyridine rings is 1. The van der Waals surface area contributed by atoms with Crippen molar-refractivity contribution < 1.29 is 9.53 Å². The second kappa shape index (κ2) is 9.89. The first-order valence-corrected chi connectivity index (χ1v) is 11.6. The van der Waals surface area contributed by atoms with Crippen molar-refractivity contribution in [3.8, 4) is 5.75 Å². The van der Waals surface area contributed by atoms with Crippen LogP contribution in [0.4, 0.5) is 17.5 Å². The molecule has 0 radical (unpaired) electrons. The zero-order chi connectivity index (χ0) is 24.4. The number of aryl methyl sites for hydroxylation is 1. The summed E-state index contributed by atoms with van der Waals surface area (Å²) in [5.74, 6) is 1.77. The van der Waals surface area contributed by atoms with Gasteiger partial charge < -0.3 is 24.4 Å². The molecular formula is C24H29ClN6O3. The number of nitrogens with zero attached hydrogens (tertiary/aromatic N) is 5. The fraction of sp³-hybridized carbons (Fsp3) is 0.417. The van der Waals surface area contributed by atoms with E-state index in [-0.39, 0.29) is 23.8 Å². The lowest BCUT2D eigenvalue weighted by atomic mass is 10.00. The lowest BCUT2D eigenvalue weighted by Gasteiger charge is -2.30. The van der Waals surface area contributed by atoms with Crippen LogP contribution in [0.1, 0.15) is 19.8 Å². The molecule has 2 aromatic heterocycles. The molecule has 1 aliphatic rings. The highest BCUT2D eigenvalue weighted by atomic mass is 35.5. The Kier molecular flexibility index (Phi) is 6.92. The molecule has 4 rings (SSSR count). The summed E-state index contributed by atoms with van der Waals surface area (Å²) in [5, 5.41) is 4.46. The number of halogens is 1. The van der Waals surface area contributed by atoms with Crippen LogP contribution in [0.25, 0.3) is 10.9 Å². The molecule has 1 N–H and O–H groups in total. The molecule has 0 spiro atoms. The van der Waals surface area contributed by atoms with Gasteiger partial charge in [0.05, 0.1) is 11.7 Å². The van der Waals surface area contributed by atoms with Crippen LogP contribution in [0.15, 0.2) is 35.3 Å². The van der Waals surface area contributed by atoms with Crippen molar-refractivity contribution in [1.82, 2.24) is 19.4 Å². The average molecular weight is 485 g/mol. The van der Waals surface area contributed by atoms with Crippen LogP contribution >= 0.6 is 11.6 Å². The minimum Gasteiger partial charge on any atom is -0.478 e. The number of fused-ring (bicyclic) bond motifs is 1. The van der Waals surface area contributed by atoms with Crippen molar-refractivity contribution in [2.45, 2.75) is 19.8 Å². The molecule has 3 aromatic rings. The van der Waals surface area contributed by atoms with Crippen molar-refractivity contribution in [2.24, 2.45) is 13.0 Å². The smallest absolute Gasteiger partial charge is 0.293 e. The highest BCUT2D eigenvalue weighted by molar-refractivity contribution is 6.32. The van der Waals surface area contributed by atoms with E-state index >= 15 is 0 Å². The van der Waals surface area contributed by atoms with Gasteiger partial charge in [-0.15, -0.1) is 0 Å². The average Bonchev–Trinajstić information content (AvgIpc) is 2.82. The van der Waals surface area contributed by atoms with Crippen molar-refractivity contribution in [1.29, 1.82) is 0 Å². The molecule has 0 aliphatic carbocycles. The minimum absolute atomic E-state index is 0.115. The summed E-state index contributed by atoms with van der Waals surface area (Å²) in [6.07, 6.45) is 3.84. The van der Waals surface area contributed by atoms with E-state index in [0.717, 1.165) is 42.5 Å². The molecule has 9 nitrogen and oxygen atoms in total. The maximum Gasteiger partial charge on any atom is 0.293 e. The van der Waals surface area contributed by atoms with E-state index in [2.05, 4.69) is 27.1 Å². The summed E-state index contributed by atoms with van der Waals surface area (Å²) in [5.41, 5.74) is 1.18. The van der Waals surface area contributed by atoms with Crippen LogP contribution < -0.4 is 20.5 Å². The Bertz CT molecular complexity index is 1270. The summed E-state index contributed by atoms with van der Waals surface area (Å²) in [6, 6.07) is 7.23. The van der Waals surface area contributed by atoms with E-state index in [0.29, 0.717) is 22.7 Å². The molecule has 1 saturated heterocycles. The van der Waals surface area contributed by atoms with Crippen molar-refractivity contribution in [3.05, 3.63) is 45.8 Å². The number of aromatic nitrogens is 3. The summed E-state index contributed by atoms with van der Waals surface area (Å²) >= 11 is 6.39. The normalized spacial score (nSPS) is 14.3. The molecule has 3 heterocycles. The standard InChI is InChI=1S/C24H29ClN6O3/c1-15-7-9-31(10-8-15)24-26-13-18(25)22(28-24)27-17-5-6-19-16(11-17)12-20(23(33)30(19)4)34-14-21(32)29(2)3/h5-6,11-13,15H,7-10,14H2,1-4H3,(H,26,27,28). The van der Waals surface area contributed by atoms with Gasteiger partial charge in [-0.1, -0.05) is 18.5 Å². The number of piperidine rings is 1. The number of likely N-dealkylation sites (N-methyl/N-ethyl adjacent to an activating group) is 1. The fourth-order valence-electron chi connectivity index (χ4n) is 3.85. The van der Waals surface area contributed by atoms with Crippen molar-refractivity contribution >= 4 is 45.9 Å². The van der Waals surface area contributed by atoms with Crippen molar-refractivity contribution in [2.75, 3.05) is 44.0 Å². The molecule has 1 aromatic carbocycles. The second-order valence-corrected chi connectivity index (χ2v) is 9.29. The first-order chi connectivity index (χ1) is 16.2. The Balaban J connectivity index is 1.60. The Morgan fingerprint density at radius 2 is 2.00 bits per heavy atom. The minimum atomic E-state index is -0.306. The third-order valence-corrected chi connectivity index (χ3v) is 6.38. The van der Waals surface area contributed by atoms with E-state index in [9.17, 15) is 9.59 Å². The molecule has 0 saturated carbocycles. The summed E-state index contributed by atoms with van der Waals surface area (Å²) in [4.78, 5) is 37.2. The first-order valence-electron chi connectivity index (χ1n) is 11.2. The number of anilines is 3. The van der Waals surface area contributed by atoms with Gasteiger partial charge in [0.1, 0.15) is 5.02 Å². The predicted molar refractivity (Wildman–Crippen MR) is 134 cm³/mol. The van der Waals surface area contributed by atoms with Crippen LogP contribution in [0.3, 0.4) is 0 Å². The zero-order valence-corrected chi connectivity index (χ0v) is 20.6. The number of rotatable bonds is 6. The van der Waals surface area contributed by atoms with E-state index in [4.69, 9.17) is 16.3 Å². The van der Waals surface area contributed by atoms with Gasteiger partial charge in [0, 0.05) is 45.3 Å². The molecule has 1 aliphatic heterocycles. The third kappa shape index (κ3) is 5.09. The zero-order valence-electron chi connectivity index (χ0n) is 19.8. The fourth-order valence-corrected chi connectivity index (χ4v) is 3.98. The number of nitrogens with one attached hydrogen (secondary N) is 1. The van der Waals surface area contributed by atoms with Crippen LogP contribution in [-0.2, 0) is 11.8 Å². The SMILES string of the molecule is CC1CCN(c2ncc(Cl)c(Nc3ccc4c(c3)cc(OCC(=O)N(C)C)c(=O)n4C)n2)CC1. The number of hydrogen-bond donors (Lipinski definition) is 1. The maximum absolute atomic E-state index is 12.7. The van der Waals surface area contributed by atoms with Crippen molar-refractivity contribution in [3.63, 3.8) is 0 Å². The molecule has 0 unspecified atom stereocenters. The number of carbonyl (C=O) groups excluding carboxylic acids is 1. The Morgan fingerprint density at radius 1 is 1.26 bits per heavy atom. The molecule has 1 amide bonds. The number of benzene rings is 1.